The van der Waals surface area contributed by atoms with E-state index in [4.69, 9.17) is 11.6 Å². The molecule has 0 aliphatic rings. The van der Waals surface area contributed by atoms with E-state index in [2.05, 4.69) is 9.97 Å². The van der Waals surface area contributed by atoms with Crippen molar-refractivity contribution in [3.63, 3.8) is 0 Å². The molecule has 0 amide bonds. The molecule has 94 valence electrons. The van der Waals surface area contributed by atoms with Gasteiger partial charge in [0.15, 0.2) is 0 Å². The van der Waals surface area contributed by atoms with Gasteiger partial charge in [0.1, 0.15) is 5.82 Å². The lowest BCUT2D eigenvalue weighted by Crippen LogP contribution is -2.09. The van der Waals surface area contributed by atoms with Crippen molar-refractivity contribution >= 4 is 22.5 Å². The average molecular weight is 271 g/mol. The van der Waals surface area contributed by atoms with Crippen LogP contribution in [0, 0.1) is 6.92 Å². The highest BCUT2D eigenvalue weighted by atomic mass is 35.5. The Morgan fingerprint density at radius 1 is 1.05 bits per heavy atom. The van der Waals surface area contributed by atoms with E-state index < -0.39 is 0 Å². The second-order valence-corrected chi connectivity index (χ2v) is 4.83. The number of halogens is 1. The van der Waals surface area contributed by atoms with E-state index in [1.54, 1.807) is 6.92 Å². The Balaban J connectivity index is 2.21. The molecule has 0 saturated carbocycles. The zero-order valence-electron chi connectivity index (χ0n) is 10.3. The van der Waals surface area contributed by atoms with Crippen molar-refractivity contribution in [1.29, 1.82) is 0 Å². The number of aryl methyl sites for hydroxylation is 1. The van der Waals surface area contributed by atoms with Gasteiger partial charge < -0.3 is 4.98 Å². The summed E-state index contributed by atoms with van der Waals surface area (Å²) in [6.07, 6.45) is 0. The third kappa shape index (κ3) is 2.25. The Bertz CT molecular complexity index is 806. The van der Waals surface area contributed by atoms with Crippen LogP contribution in [-0.4, -0.2) is 9.97 Å². The zero-order valence-corrected chi connectivity index (χ0v) is 11.0. The van der Waals surface area contributed by atoms with Crippen molar-refractivity contribution in [2.24, 2.45) is 0 Å². The number of hydrogen-bond acceptors (Lipinski definition) is 2. The highest BCUT2D eigenvalue weighted by molar-refractivity contribution is 6.30. The quantitative estimate of drug-likeness (QED) is 0.735. The minimum atomic E-state index is -0.113. The van der Waals surface area contributed by atoms with Crippen LogP contribution in [-0.2, 0) is 0 Å². The first-order chi connectivity index (χ1) is 9.13. The first-order valence-corrected chi connectivity index (χ1v) is 6.28. The number of aromatic nitrogens is 2. The summed E-state index contributed by atoms with van der Waals surface area (Å²) >= 11 is 5.87. The van der Waals surface area contributed by atoms with Gasteiger partial charge in [-0.05, 0) is 42.3 Å². The van der Waals surface area contributed by atoms with Gasteiger partial charge in [-0.3, -0.25) is 4.79 Å². The maximum atomic E-state index is 11.9. The van der Waals surface area contributed by atoms with Gasteiger partial charge in [0.25, 0.3) is 5.56 Å². The van der Waals surface area contributed by atoms with Crippen LogP contribution in [0.3, 0.4) is 0 Å². The molecule has 0 unspecified atom stereocenters. The SMILES string of the molecule is Cc1nc2ccc(-c3ccc(Cl)cc3)cc2c(=O)[nH]1. The van der Waals surface area contributed by atoms with Crippen LogP contribution < -0.4 is 5.56 Å². The van der Waals surface area contributed by atoms with Gasteiger partial charge in [-0.1, -0.05) is 29.8 Å². The van der Waals surface area contributed by atoms with Gasteiger partial charge in [-0.15, -0.1) is 0 Å². The summed E-state index contributed by atoms with van der Waals surface area (Å²) in [6, 6.07) is 13.2. The first kappa shape index (κ1) is 11.9. The van der Waals surface area contributed by atoms with Gasteiger partial charge in [-0.25, -0.2) is 4.98 Å². The maximum Gasteiger partial charge on any atom is 0.258 e. The van der Waals surface area contributed by atoms with Crippen LogP contribution in [0.25, 0.3) is 22.0 Å². The minimum Gasteiger partial charge on any atom is -0.310 e. The largest absolute Gasteiger partial charge is 0.310 e. The minimum absolute atomic E-state index is 0.113. The van der Waals surface area contributed by atoms with E-state index in [1.165, 1.54) is 0 Å². The van der Waals surface area contributed by atoms with Crippen LogP contribution in [0.5, 0.6) is 0 Å². The molecule has 0 saturated heterocycles. The highest BCUT2D eigenvalue weighted by Gasteiger charge is 2.04. The van der Waals surface area contributed by atoms with Crippen LogP contribution in [0.1, 0.15) is 5.82 Å². The van der Waals surface area contributed by atoms with Crippen LogP contribution in [0.15, 0.2) is 47.3 Å². The summed E-state index contributed by atoms with van der Waals surface area (Å²) in [5.41, 5.74) is 2.59. The van der Waals surface area contributed by atoms with Crippen molar-refractivity contribution < 1.29 is 0 Å². The van der Waals surface area contributed by atoms with E-state index in [-0.39, 0.29) is 5.56 Å². The fourth-order valence-corrected chi connectivity index (χ4v) is 2.20. The summed E-state index contributed by atoms with van der Waals surface area (Å²) < 4.78 is 0. The summed E-state index contributed by atoms with van der Waals surface area (Å²) in [4.78, 5) is 18.9. The van der Waals surface area contributed by atoms with Crippen molar-refractivity contribution in [2.45, 2.75) is 6.92 Å². The molecule has 1 aromatic heterocycles. The van der Waals surface area contributed by atoms with Crippen molar-refractivity contribution in [3.05, 3.63) is 63.7 Å². The molecule has 3 aromatic rings. The number of hydrogen-bond donors (Lipinski definition) is 1. The van der Waals surface area contributed by atoms with Crippen molar-refractivity contribution in [3.8, 4) is 11.1 Å². The molecular weight excluding hydrogens is 260 g/mol. The molecule has 0 aliphatic heterocycles. The highest BCUT2D eigenvalue weighted by Crippen LogP contribution is 2.23. The van der Waals surface area contributed by atoms with E-state index in [0.29, 0.717) is 21.7 Å². The Labute approximate surface area is 114 Å². The Morgan fingerprint density at radius 2 is 1.74 bits per heavy atom. The van der Waals surface area contributed by atoms with Crippen LogP contribution >= 0.6 is 11.6 Å². The molecule has 2 aromatic carbocycles. The predicted molar refractivity (Wildman–Crippen MR) is 77.5 cm³/mol. The summed E-state index contributed by atoms with van der Waals surface area (Å²) in [5, 5.41) is 1.29. The molecule has 0 bridgehead atoms. The fraction of sp³-hybridized carbons (Fsp3) is 0.0667. The smallest absolute Gasteiger partial charge is 0.258 e. The molecule has 0 atom stereocenters. The number of nitrogens with one attached hydrogen (secondary N) is 1. The van der Waals surface area contributed by atoms with Gasteiger partial charge in [0.05, 0.1) is 10.9 Å². The second kappa shape index (κ2) is 4.52. The molecule has 1 heterocycles. The first-order valence-electron chi connectivity index (χ1n) is 5.90. The number of fused-ring (bicyclic) bond motifs is 1. The molecule has 3 rings (SSSR count). The lowest BCUT2D eigenvalue weighted by Gasteiger charge is -2.04. The Hall–Kier alpha value is -2.13. The van der Waals surface area contributed by atoms with Gasteiger partial charge >= 0.3 is 0 Å². The number of H-pyrrole nitrogens is 1. The molecule has 0 aliphatic carbocycles. The zero-order chi connectivity index (χ0) is 13.4. The predicted octanol–water partition coefficient (Wildman–Crippen LogP) is 3.55. The standard InChI is InChI=1S/C15H11ClN2O/c1-9-17-14-7-4-11(8-13(14)15(19)18-9)10-2-5-12(16)6-3-10/h2-8H,1H3,(H,17,18,19). The molecule has 3 nitrogen and oxygen atoms in total. The Kier molecular flexibility index (Phi) is 2.84. The molecule has 0 fully saturated rings. The summed E-state index contributed by atoms with van der Waals surface area (Å²) in [5.74, 6) is 0.622. The third-order valence-corrected chi connectivity index (χ3v) is 3.25. The molecule has 0 spiro atoms. The molecule has 4 heteroatoms. The van der Waals surface area contributed by atoms with Crippen LogP contribution in [0.4, 0.5) is 0 Å². The topological polar surface area (TPSA) is 45.8 Å². The number of aromatic amines is 1. The lowest BCUT2D eigenvalue weighted by atomic mass is 10.0. The lowest BCUT2D eigenvalue weighted by molar-refractivity contribution is 1.06. The van der Waals surface area contributed by atoms with E-state index in [1.807, 2.05) is 42.5 Å². The average Bonchev–Trinajstić information content (AvgIpc) is 2.39. The van der Waals surface area contributed by atoms with Gasteiger partial charge in [0.2, 0.25) is 0 Å². The third-order valence-electron chi connectivity index (χ3n) is 3.00. The number of rotatable bonds is 1. The van der Waals surface area contributed by atoms with Crippen LogP contribution in [0.2, 0.25) is 5.02 Å². The van der Waals surface area contributed by atoms with E-state index in [0.717, 1.165) is 11.1 Å². The van der Waals surface area contributed by atoms with Crippen molar-refractivity contribution in [2.75, 3.05) is 0 Å². The number of benzene rings is 2. The molecule has 19 heavy (non-hydrogen) atoms. The molecule has 0 radical (unpaired) electrons. The van der Waals surface area contributed by atoms with Gasteiger partial charge in [0, 0.05) is 5.02 Å². The number of nitrogens with zero attached hydrogens (tertiary/aromatic N) is 1. The van der Waals surface area contributed by atoms with E-state index >= 15 is 0 Å². The molecular formula is C15H11ClN2O. The monoisotopic (exact) mass is 270 g/mol. The summed E-state index contributed by atoms with van der Waals surface area (Å²) in [7, 11) is 0. The van der Waals surface area contributed by atoms with Gasteiger partial charge in [-0.2, -0.15) is 0 Å². The van der Waals surface area contributed by atoms with Crippen molar-refractivity contribution in [1.82, 2.24) is 9.97 Å². The fourth-order valence-electron chi connectivity index (χ4n) is 2.08. The second-order valence-electron chi connectivity index (χ2n) is 4.39. The Morgan fingerprint density at radius 3 is 2.47 bits per heavy atom. The summed E-state index contributed by atoms with van der Waals surface area (Å²) in [6.45, 7) is 1.77. The maximum absolute atomic E-state index is 11.9. The molecule has 1 N–H and O–H groups in total. The van der Waals surface area contributed by atoms with E-state index in [9.17, 15) is 4.79 Å². The normalized spacial score (nSPS) is 10.8.